The molecule has 1 aliphatic carbocycles. The molecule has 0 aromatic heterocycles. The number of ether oxygens (including phenoxy) is 2. The standard InChI is InChI=1S/C20H20O6S/c1-13-4-6-14(7-5-13)27(22,23)26-16-12-18(2)15-8-11-19(24-15)9-3-10-20(16,19)17(21)25-18/h4-8,11-12,15H,3,9-10H2,1-2H3/t15-,18-,19+,20-/m0/s1. The molecule has 2 spiro atoms. The predicted molar refractivity (Wildman–Crippen MR) is 95.1 cm³/mol. The number of carbonyl (C=O) groups excluding carboxylic acids is 1. The Morgan fingerprint density at radius 2 is 1.93 bits per heavy atom. The number of aryl methyl sites for hydroxylation is 1. The summed E-state index contributed by atoms with van der Waals surface area (Å²) >= 11 is 0. The highest BCUT2D eigenvalue weighted by Gasteiger charge is 2.73. The van der Waals surface area contributed by atoms with Crippen molar-refractivity contribution in [1.82, 2.24) is 0 Å². The van der Waals surface area contributed by atoms with Crippen LogP contribution in [-0.4, -0.2) is 31.7 Å². The van der Waals surface area contributed by atoms with Gasteiger partial charge in [-0.25, -0.2) is 0 Å². The average molecular weight is 388 g/mol. The summed E-state index contributed by atoms with van der Waals surface area (Å²) in [5.41, 5.74) is -2.31. The van der Waals surface area contributed by atoms with E-state index in [4.69, 9.17) is 13.7 Å². The molecular weight excluding hydrogens is 368 g/mol. The fourth-order valence-corrected chi connectivity index (χ4v) is 5.79. The van der Waals surface area contributed by atoms with Gasteiger partial charge >= 0.3 is 16.1 Å². The minimum Gasteiger partial charge on any atom is -0.451 e. The first-order valence-electron chi connectivity index (χ1n) is 9.06. The monoisotopic (exact) mass is 388 g/mol. The number of carbonyl (C=O) groups is 1. The molecule has 1 saturated carbocycles. The van der Waals surface area contributed by atoms with Crippen LogP contribution in [0.4, 0.5) is 0 Å². The highest BCUT2D eigenvalue weighted by molar-refractivity contribution is 7.86. The summed E-state index contributed by atoms with van der Waals surface area (Å²) < 4.78 is 43.5. The van der Waals surface area contributed by atoms with Crippen LogP contribution in [0.1, 0.15) is 31.7 Å². The third kappa shape index (κ3) is 2.04. The van der Waals surface area contributed by atoms with E-state index < -0.39 is 38.8 Å². The van der Waals surface area contributed by atoms with E-state index in [0.29, 0.717) is 19.3 Å². The van der Waals surface area contributed by atoms with Crippen molar-refractivity contribution in [3.63, 3.8) is 0 Å². The summed E-state index contributed by atoms with van der Waals surface area (Å²) in [4.78, 5) is 13.1. The molecule has 4 heterocycles. The van der Waals surface area contributed by atoms with Crippen LogP contribution in [0.2, 0.25) is 0 Å². The zero-order valence-corrected chi connectivity index (χ0v) is 15.9. The van der Waals surface area contributed by atoms with Crippen molar-refractivity contribution in [2.45, 2.75) is 55.3 Å². The molecule has 0 unspecified atom stereocenters. The maximum Gasteiger partial charge on any atom is 0.338 e. The first-order chi connectivity index (χ1) is 12.7. The Morgan fingerprint density at radius 1 is 1.19 bits per heavy atom. The fourth-order valence-electron chi connectivity index (χ4n) is 4.80. The molecule has 4 atom stereocenters. The summed E-state index contributed by atoms with van der Waals surface area (Å²) in [6, 6.07) is 6.43. The van der Waals surface area contributed by atoms with Crippen molar-refractivity contribution in [3.8, 4) is 0 Å². The molecule has 4 bridgehead atoms. The minimum atomic E-state index is -4.09. The third-order valence-electron chi connectivity index (χ3n) is 6.27. The molecule has 0 amide bonds. The van der Waals surface area contributed by atoms with Gasteiger partial charge < -0.3 is 13.7 Å². The number of benzene rings is 1. The van der Waals surface area contributed by atoms with Crippen LogP contribution >= 0.6 is 0 Å². The summed E-state index contributed by atoms with van der Waals surface area (Å²) in [6.45, 7) is 3.59. The lowest BCUT2D eigenvalue weighted by Gasteiger charge is -2.42. The minimum absolute atomic E-state index is 0.0534. The molecule has 6 rings (SSSR count). The lowest BCUT2D eigenvalue weighted by Crippen LogP contribution is -2.53. The van der Waals surface area contributed by atoms with E-state index in [1.54, 1.807) is 25.1 Å². The van der Waals surface area contributed by atoms with E-state index in [2.05, 4.69) is 0 Å². The van der Waals surface area contributed by atoms with Crippen LogP contribution < -0.4 is 0 Å². The zero-order chi connectivity index (χ0) is 19.1. The van der Waals surface area contributed by atoms with Crippen molar-refractivity contribution in [2.75, 3.05) is 0 Å². The lowest BCUT2D eigenvalue weighted by atomic mass is 9.70. The van der Waals surface area contributed by atoms with Crippen molar-refractivity contribution < 1.29 is 26.9 Å². The van der Waals surface area contributed by atoms with Gasteiger partial charge in [0.1, 0.15) is 22.4 Å². The maximum absolute atomic E-state index is 13.1. The van der Waals surface area contributed by atoms with Crippen molar-refractivity contribution in [3.05, 3.63) is 53.8 Å². The van der Waals surface area contributed by atoms with Crippen LogP contribution in [0.5, 0.6) is 0 Å². The first-order valence-corrected chi connectivity index (χ1v) is 10.5. The zero-order valence-electron chi connectivity index (χ0n) is 15.1. The van der Waals surface area contributed by atoms with Crippen LogP contribution in [0.3, 0.4) is 0 Å². The van der Waals surface area contributed by atoms with Gasteiger partial charge in [-0.3, -0.25) is 4.79 Å². The van der Waals surface area contributed by atoms with Crippen molar-refractivity contribution >= 4 is 16.1 Å². The molecule has 1 saturated heterocycles. The van der Waals surface area contributed by atoms with Crippen LogP contribution in [0.15, 0.2) is 53.1 Å². The number of esters is 1. The Balaban J connectivity index is 1.64. The van der Waals surface area contributed by atoms with Crippen LogP contribution in [0, 0.1) is 12.3 Å². The molecule has 142 valence electrons. The molecule has 1 aromatic rings. The SMILES string of the molecule is Cc1ccc(S(=O)(=O)OC2=C[C@]3(C)OC(=O)[C@]24CCC[C@@]42C=C[C@@H]3O2)cc1. The van der Waals surface area contributed by atoms with Crippen LogP contribution in [0.25, 0.3) is 0 Å². The Morgan fingerprint density at radius 3 is 2.67 bits per heavy atom. The lowest BCUT2D eigenvalue weighted by molar-refractivity contribution is -0.168. The molecule has 4 aliphatic heterocycles. The number of hydrogen-bond donors (Lipinski definition) is 0. The van der Waals surface area contributed by atoms with E-state index in [9.17, 15) is 13.2 Å². The van der Waals surface area contributed by atoms with E-state index in [0.717, 1.165) is 5.56 Å². The Hall–Kier alpha value is -2.12. The van der Waals surface area contributed by atoms with E-state index in [-0.39, 0.29) is 10.7 Å². The highest BCUT2D eigenvalue weighted by atomic mass is 32.2. The van der Waals surface area contributed by atoms with Gasteiger partial charge in [-0.1, -0.05) is 29.8 Å². The molecule has 0 N–H and O–H groups in total. The summed E-state index contributed by atoms with van der Waals surface area (Å²) in [7, 11) is -4.09. The van der Waals surface area contributed by atoms with E-state index in [1.807, 2.05) is 19.1 Å². The molecule has 2 fully saturated rings. The molecule has 27 heavy (non-hydrogen) atoms. The van der Waals surface area contributed by atoms with Gasteiger partial charge in [-0.05, 0) is 45.2 Å². The second-order valence-electron chi connectivity index (χ2n) is 7.98. The summed E-state index contributed by atoms with van der Waals surface area (Å²) in [5, 5.41) is 0. The number of hydrogen-bond acceptors (Lipinski definition) is 6. The summed E-state index contributed by atoms with van der Waals surface area (Å²) in [6.07, 6.45) is 6.75. The molecule has 7 heteroatoms. The van der Waals surface area contributed by atoms with Gasteiger partial charge in [0.25, 0.3) is 0 Å². The van der Waals surface area contributed by atoms with Gasteiger partial charge in [0.15, 0.2) is 11.0 Å². The molecule has 0 radical (unpaired) electrons. The largest absolute Gasteiger partial charge is 0.451 e. The predicted octanol–water partition coefficient (Wildman–Crippen LogP) is 2.78. The first kappa shape index (κ1) is 17.0. The van der Waals surface area contributed by atoms with Crippen molar-refractivity contribution in [2.24, 2.45) is 5.41 Å². The molecule has 5 aliphatic rings. The fraction of sp³-hybridized carbons (Fsp3) is 0.450. The van der Waals surface area contributed by atoms with Gasteiger partial charge in [0.05, 0.1) is 0 Å². The Bertz CT molecular complexity index is 1010. The number of fused-ring (bicyclic) bond motifs is 1. The summed E-state index contributed by atoms with van der Waals surface area (Å²) in [5.74, 6) is -0.336. The Kier molecular flexibility index (Phi) is 3.17. The molecule has 1 aromatic carbocycles. The quantitative estimate of drug-likeness (QED) is 0.450. The van der Waals surface area contributed by atoms with Crippen molar-refractivity contribution in [1.29, 1.82) is 0 Å². The van der Waals surface area contributed by atoms with Crippen LogP contribution in [-0.2, 0) is 28.6 Å². The van der Waals surface area contributed by atoms with Gasteiger partial charge in [-0.2, -0.15) is 8.42 Å². The number of rotatable bonds is 3. The highest BCUT2D eigenvalue weighted by Crippen LogP contribution is 2.63. The molecule has 6 nitrogen and oxygen atoms in total. The topological polar surface area (TPSA) is 78.9 Å². The van der Waals surface area contributed by atoms with Gasteiger partial charge in [0, 0.05) is 6.08 Å². The van der Waals surface area contributed by atoms with Gasteiger partial charge in [0.2, 0.25) is 0 Å². The Labute approximate surface area is 157 Å². The van der Waals surface area contributed by atoms with E-state index in [1.165, 1.54) is 12.1 Å². The second kappa shape index (κ2) is 5.02. The third-order valence-corrected chi connectivity index (χ3v) is 7.52. The van der Waals surface area contributed by atoms with Gasteiger partial charge in [-0.15, -0.1) is 0 Å². The molecular formula is C20H20O6S. The second-order valence-corrected chi connectivity index (χ2v) is 9.52. The maximum atomic E-state index is 13.1. The smallest absolute Gasteiger partial charge is 0.338 e. The van der Waals surface area contributed by atoms with E-state index >= 15 is 0 Å². The normalized spacial score (nSPS) is 39.0. The average Bonchev–Trinajstić information content (AvgIpc) is 3.16.